The van der Waals surface area contributed by atoms with Crippen LogP contribution in [0.5, 0.6) is 0 Å². The van der Waals surface area contributed by atoms with Crippen LogP contribution in [-0.2, 0) is 23.0 Å². The van der Waals surface area contributed by atoms with Gasteiger partial charge in [-0.1, -0.05) is 11.6 Å². The first-order valence-corrected chi connectivity index (χ1v) is 8.25. The van der Waals surface area contributed by atoms with Crippen LogP contribution in [-0.4, -0.2) is 29.2 Å². The average Bonchev–Trinajstić information content (AvgIpc) is 2.49. The lowest BCUT2D eigenvalue weighted by Crippen LogP contribution is -2.37. The zero-order valence-electron chi connectivity index (χ0n) is 11.3. The van der Waals surface area contributed by atoms with Gasteiger partial charge in [-0.25, -0.2) is 22.8 Å². The summed E-state index contributed by atoms with van der Waals surface area (Å²) in [6.45, 7) is 0.204. The molecule has 1 aliphatic heterocycles. The topological polar surface area (TPSA) is 89.2 Å². The predicted molar refractivity (Wildman–Crippen MR) is 79.2 cm³/mol. The van der Waals surface area contributed by atoms with Gasteiger partial charge in [0.2, 0.25) is 10.0 Å². The molecule has 116 valence electrons. The van der Waals surface area contributed by atoms with Gasteiger partial charge < -0.3 is 5.73 Å². The Morgan fingerprint density at radius 1 is 1.32 bits per heavy atom. The van der Waals surface area contributed by atoms with Crippen LogP contribution < -0.4 is 5.73 Å². The van der Waals surface area contributed by atoms with E-state index in [1.165, 1.54) is 12.4 Å². The highest BCUT2D eigenvalue weighted by molar-refractivity contribution is 7.89. The molecule has 2 N–H and O–H groups in total. The maximum atomic E-state index is 13.9. The number of rotatable bonds is 2. The highest BCUT2D eigenvalue weighted by atomic mass is 35.5. The van der Waals surface area contributed by atoms with Crippen molar-refractivity contribution in [2.75, 3.05) is 12.3 Å². The largest absolute Gasteiger partial charge is 0.383 e. The van der Waals surface area contributed by atoms with E-state index in [0.717, 1.165) is 22.0 Å². The molecule has 3 rings (SSSR count). The van der Waals surface area contributed by atoms with Gasteiger partial charge >= 0.3 is 0 Å². The Morgan fingerprint density at radius 2 is 2.09 bits per heavy atom. The van der Waals surface area contributed by atoms with E-state index in [1.807, 2.05) is 0 Å². The first kappa shape index (κ1) is 15.1. The van der Waals surface area contributed by atoms with Crippen LogP contribution in [0.3, 0.4) is 0 Å². The summed E-state index contributed by atoms with van der Waals surface area (Å²) in [5.74, 6) is -0.492. The van der Waals surface area contributed by atoms with Crippen LogP contribution >= 0.6 is 11.6 Å². The number of nitrogens with zero attached hydrogens (tertiary/aromatic N) is 3. The molecule has 1 aromatic heterocycles. The maximum absolute atomic E-state index is 13.9. The fourth-order valence-electron chi connectivity index (χ4n) is 2.37. The van der Waals surface area contributed by atoms with Gasteiger partial charge in [-0.05, 0) is 24.6 Å². The van der Waals surface area contributed by atoms with Crippen molar-refractivity contribution in [1.29, 1.82) is 0 Å². The molecular weight excluding hydrogens is 331 g/mol. The molecule has 1 aliphatic rings. The molecule has 0 spiro atoms. The minimum Gasteiger partial charge on any atom is -0.383 e. The van der Waals surface area contributed by atoms with E-state index in [2.05, 4.69) is 9.97 Å². The van der Waals surface area contributed by atoms with Crippen LogP contribution in [0.25, 0.3) is 0 Å². The van der Waals surface area contributed by atoms with Crippen molar-refractivity contribution in [3.63, 3.8) is 0 Å². The molecule has 0 fully saturated rings. The summed E-state index contributed by atoms with van der Waals surface area (Å²) in [6.07, 6.45) is 1.66. The van der Waals surface area contributed by atoms with E-state index in [0.29, 0.717) is 17.9 Å². The Labute approximate surface area is 131 Å². The summed E-state index contributed by atoms with van der Waals surface area (Å²) in [5, 5.41) is 0.156. The lowest BCUT2D eigenvalue weighted by atomic mass is 10.1. The molecule has 2 aromatic rings. The van der Waals surface area contributed by atoms with Gasteiger partial charge in [-0.3, -0.25) is 0 Å². The molecule has 22 heavy (non-hydrogen) atoms. The number of hydrogen-bond donors (Lipinski definition) is 1. The molecule has 0 saturated heterocycles. The fraction of sp³-hybridized carbons (Fsp3) is 0.231. The lowest BCUT2D eigenvalue weighted by molar-refractivity contribution is 0.382. The van der Waals surface area contributed by atoms with Gasteiger partial charge in [0.05, 0.1) is 12.2 Å². The number of aromatic nitrogens is 2. The fourth-order valence-corrected chi connectivity index (χ4v) is 4.10. The molecule has 0 radical (unpaired) electrons. The molecule has 0 unspecified atom stereocenters. The Kier molecular flexibility index (Phi) is 3.75. The molecule has 0 aliphatic carbocycles. The summed E-state index contributed by atoms with van der Waals surface area (Å²) in [6, 6.07) is 3.44. The molecule has 6 nitrogen and oxygen atoms in total. The Morgan fingerprint density at radius 3 is 2.86 bits per heavy atom. The highest BCUT2D eigenvalue weighted by Crippen LogP contribution is 2.28. The van der Waals surface area contributed by atoms with E-state index < -0.39 is 20.7 Å². The van der Waals surface area contributed by atoms with Crippen molar-refractivity contribution < 1.29 is 12.8 Å². The van der Waals surface area contributed by atoms with Crippen LogP contribution in [0, 0.1) is 5.82 Å². The molecule has 1 aromatic carbocycles. The molecule has 0 saturated carbocycles. The van der Waals surface area contributed by atoms with Crippen molar-refractivity contribution in [2.45, 2.75) is 17.9 Å². The second-order valence-corrected chi connectivity index (χ2v) is 7.19. The summed E-state index contributed by atoms with van der Waals surface area (Å²) < 4.78 is 40.2. The third-order valence-electron chi connectivity index (χ3n) is 3.52. The van der Waals surface area contributed by atoms with E-state index in [4.69, 9.17) is 17.3 Å². The second-order valence-electron chi connectivity index (χ2n) is 4.85. The van der Waals surface area contributed by atoms with E-state index >= 15 is 0 Å². The summed E-state index contributed by atoms with van der Waals surface area (Å²) in [5.41, 5.74) is 7.02. The first-order valence-electron chi connectivity index (χ1n) is 6.43. The predicted octanol–water partition coefficient (Wildman–Crippen LogP) is 1.60. The van der Waals surface area contributed by atoms with Crippen molar-refractivity contribution >= 4 is 27.4 Å². The van der Waals surface area contributed by atoms with Crippen LogP contribution in [0.4, 0.5) is 10.2 Å². The monoisotopic (exact) mass is 342 g/mol. The minimum atomic E-state index is -4.00. The second kappa shape index (κ2) is 5.45. The summed E-state index contributed by atoms with van der Waals surface area (Å²) in [7, 11) is -4.00. The van der Waals surface area contributed by atoms with Crippen LogP contribution in [0.15, 0.2) is 29.4 Å². The van der Waals surface area contributed by atoms with Gasteiger partial charge in [-0.2, -0.15) is 4.31 Å². The summed E-state index contributed by atoms with van der Waals surface area (Å²) in [4.78, 5) is 7.51. The van der Waals surface area contributed by atoms with Gasteiger partial charge in [-0.15, -0.1) is 0 Å². The third-order valence-corrected chi connectivity index (χ3v) is 5.61. The number of nitrogens with two attached hydrogens (primary N) is 1. The first-order chi connectivity index (χ1) is 10.4. The number of benzene rings is 1. The number of hydrogen-bond acceptors (Lipinski definition) is 5. The van der Waals surface area contributed by atoms with Crippen LogP contribution in [0.1, 0.15) is 11.3 Å². The molecule has 2 heterocycles. The van der Waals surface area contributed by atoms with E-state index in [-0.39, 0.29) is 18.1 Å². The molecule has 0 amide bonds. The standard InChI is InChI=1S/C13H12ClFN4O2S/c14-8-1-2-10(15)12(5-8)22(20,21)19-4-3-9-11(6-19)17-7-18-13(9)16/h1-2,5,7H,3-4,6H2,(H2,16,17,18). The van der Waals surface area contributed by atoms with Crippen molar-refractivity contribution in [2.24, 2.45) is 0 Å². The average molecular weight is 343 g/mol. The lowest BCUT2D eigenvalue weighted by Gasteiger charge is -2.27. The third kappa shape index (κ3) is 2.53. The Balaban J connectivity index is 2.00. The Hall–Kier alpha value is -1.77. The number of nitrogen functional groups attached to an aromatic ring is 1. The molecule has 0 atom stereocenters. The Bertz CT molecular complexity index is 844. The molecule has 9 heteroatoms. The molecule has 0 bridgehead atoms. The van der Waals surface area contributed by atoms with Crippen molar-refractivity contribution in [3.8, 4) is 0 Å². The van der Waals surface area contributed by atoms with Crippen molar-refractivity contribution in [3.05, 3.63) is 46.6 Å². The van der Waals surface area contributed by atoms with Gasteiger partial charge in [0.1, 0.15) is 22.9 Å². The number of fused-ring (bicyclic) bond motifs is 1. The summed E-state index contributed by atoms with van der Waals surface area (Å²) >= 11 is 5.78. The van der Waals surface area contributed by atoms with Crippen LogP contribution in [0.2, 0.25) is 5.02 Å². The minimum absolute atomic E-state index is 0.0241. The quantitative estimate of drug-likeness (QED) is 0.895. The smallest absolute Gasteiger partial charge is 0.246 e. The molecular formula is C13H12ClFN4O2S. The normalized spacial score (nSPS) is 15.5. The van der Waals surface area contributed by atoms with Gasteiger partial charge in [0, 0.05) is 17.1 Å². The van der Waals surface area contributed by atoms with E-state index in [1.54, 1.807) is 0 Å². The number of halogens is 2. The zero-order chi connectivity index (χ0) is 15.9. The van der Waals surface area contributed by atoms with Crippen molar-refractivity contribution in [1.82, 2.24) is 14.3 Å². The number of sulfonamides is 1. The van der Waals surface area contributed by atoms with Gasteiger partial charge in [0.25, 0.3) is 0 Å². The maximum Gasteiger partial charge on any atom is 0.246 e. The van der Waals surface area contributed by atoms with Gasteiger partial charge in [0.15, 0.2) is 0 Å². The van der Waals surface area contributed by atoms with E-state index in [9.17, 15) is 12.8 Å². The zero-order valence-corrected chi connectivity index (χ0v) is 12.9. The number of anilines is 1. The highest BCUT2D eigenvalue weighted by Gasteiger charge is 2.32. The SMILES string of the molecule is Nc1ncnc2c1CCN(S(=O)(=O)c1cc(Cl)ccc1F)C2.